The lowest BCUT2D eigenvalue weighted by molar-refractivity contribution is -0.102. The van der Waals surface area contributed by atoms with Crippen LogP contribution in [0.15, 0.2) is 27.0 Å². The maximum absolute atomic E-state index is 14.8. The number of nitrogens with zero attached hydrogens (tertiary/aromatic N) is 4. The molecule has 1 aromatic heterocycles. The van der Waals surface area contributed by atoms with Gasteiger partial charge in [0, 0.05) is 23.1 Å². The van der Waals surface area contributed by atoms with Gasteiger partial charge in [0.1, 0.15) is 5.60 Å². The predicted molar refractivity (Wildman–Crippen MR) is 87.5 cm³/mol. The molecule has 0 aromatic carbocycles. The molecule has 25 heavy (non-hydrogen) atoms. The van der Waals surface area contributed by atoms with Gasteiger partial charge < -0.3 is 9.26 Å². The summed E-state index contributed by atoms with van der Waals surface area (Å²) in [6, 6.07) is 1.03. The molecule has 1 N–H and O–H groups in total. The summed E-state index contributed by atoms with van der Waals surface area (Å²) in [5, 5.41) is 3.36. The number of azide groups is 1. The van der Waals surface area contributed by atoms with Crippen LogP contribution >= 0.6 is 28.6 Å². The van der Waals surface area contributed by atoms with E-state index >= 15 is 0 Å². The number of ether oxygens (including phenoxy) is 1. The van der Waals surface area contributed by atoms with Crippen LogP contribution in [-0.2, 0) is 13.8 Å². The molecule has 0 saturated carbocycles. The van der Waals surface area contributed by atoms with Crippen molar-refractivity contribution in [1.29, 1.82) is 0 Å². The first kappa shape index (κ1) is 20.0. The first-order chi connectivity index (χ1) is 11.6. The number of hydrogen-bond acceptors (Lipinski definition) is 6. The molecule has 138 valence electrons. The Labute approximate surface area is 149 Å². The van der Waals surface area contributed by atoms with Crippen molar-refractivity contribution in [3.63, 3.8) is 0 Å². The zero-order valence-electron chi connectivity index (χ0n) is 12.7. The first-order valence-electron chi connectivity index (χ1n) is 6.88. The second kappa shape index (κ2) is 7.49. The van der Waals surface area contributed by atoms with E-state index in [2.05, 4.69) is 10.0 Å². The Morgan fingerprint density at radius 1 is 1.60 bits per heavy atom. The first-order valence-corrected chi connectivity index (χ1v) is 10.3. The third-order valence-corrected chi connectivity index (χ3v) is 4.94. The summed E-state index contributed by atoms with van der Waals surface area (Å²) < 4.78 is 37.5. The molecule has 1 fully saturated rings. The molecule has 0 bridgehead atoms. The summed E-state index contributed by atoms with van der Waals surface area (Å²) in [5.41, 5.74) is 5.44. The van der Waals surface area contributed by atoms with E-state index in [0.717, 1.165) is 16.8 Å². The molecular formula is C11H13Cl2FN5O5P. The minimum Gasteiger partial charge on any atom is -0.345 e. The highest BCUT2D eigenvalue weighted by molar-refractivity contribution is 8.05. The summed E-state index contributed by atoms with van der Waals surface area (Å²) in [4.78, 5) is 27.6. The van der Waals surface area contributed by atoms with Crippen molar-refractivity contribution >= 4 is 28.6 Å². The molecule has 10 nitrogen and oxygen atoms in total. The molecule has 2 heterocycles. The minimum absolute atomic E-state index is 0.381. The molecule has 1 saturated heterocycles. The fraction of sp³-hybridized carbons (Fsp3) is 0.636. The van der Waals surface area contributed by atoms with E-state index in [9.17, 15) is 18.5 Å². The predicted octanol–water partition coefficient (Wildman–Crippen LogP) is 2.69. The molecule has 0 radical (unpaired) electrons. The molecule has 0 spiro atoms. The monoisotopic (exact) mass is 415 g/mol. The van der Waals surface area contributed by atoms with Crippen molar-refractivity contribution in [1.82, 2.24) is 9.55 Å². The Hall–Kier alpha value is -1.35. The smallest absolute Gasteiger partial charge is 0.345 e. The maximum atomic E-state index is 14.8. The molecule has 4 atom stereocenters. The van der Waals surface area contributed by atoms with Crippen molar-refractivity contribution in [3.8, 4) is 0 Å². The van der Waals surface area contributed by atoms with Crippen molar-refractivity contribution in [2.75, 3.05) is 13.2 Å². The Morgan fingerprint density at radius 2 is 2.28 bits per heavy atom. The van der Waals surface area contributed by atoms with Crippen LogP contribution in [0.2, 0.25) is 0 Å². The average molecular weight is 416 g/mol. The minimum atomic E-state index is -3.96. The summed E-state index contributed by atoms with van der Waals surface area (Å²) >= 11 is 10.7. The van der Waals surface area contributed by atoms with E-state index in [4.69, 9.17) is 37.3 Å². The lowest BCUT2D eigenvalue weighted by Gasteiger charge is -2.31. The van der Waals surface area contributed by atoms with Crippen LogP contribution < -0.4 is 11.2 Å². The van der Waals surface area contributed by atoms with Crippen molar-refractivity contribution in [2.24, 2.45) is 11.0 Å². The Kier molecular flexibility index (Phi) is 5.98. The number of rotatable bonds is 6. The van der Waals surface area contributed by atoms with Gasteiger partial charge in [-0.15, -0.1) is 0 Å². The molecular weight excluding hydrogens is 403 g/mol. The van der Waals surface area contributed by atoms with Gasteiger partial charge in [-0.1, -0.05) is 12.0 Å². The molecule has 0 unspecified atom stereocenters. The lowest BCUT2D eigenvalue weighted by Crippen LogP contribution is -2.43. The summed E-state index contributed by atoms with van der Waals surface area (Å²) in [6.07, 6.45) is -6.04. The molecule has 0 aliphatic carbocycles. The number of aromatic nitrogens is 2. The fourth-order valence-electron chi connectivity index (χ4n) is 2.52. The van der Waals surface area contributed by atoms with Gasteiger partial charge in [0.25, 0.3) is 5.56 Å². The van der Waals surface area contributed by atoms with E-state index in [0.29, 0.717) is 0 Å². The highest BCUT2D eigenvalue weighted by Crippen LogP contribution is 2.59. The van der Waals surface area contributed by atoms with E-state index in [1.807, 2.05) is 4.98 Å². The molecule has 14 heteroatoms. The largest absolute Gasteiger partial charge is 0.380 e. The third-order valence-electron chi connectivity index (χ3n) is 3.92. The highest BCUT2D eigenvalue weighted by atomic mass is 35.9. The standard InChI is InChI=1S/C11H13Cl2FN5O5P/c1-6-8(14)9(19-3-2-7(20)17-10(19)21)24-11(6,4-16-18-15)5-23-25(12,13)22/h2-3,6,8-9H,4-5H2,1H3,(H,17,20,21)/t6-,8+,9+,11+/m0/s1. The normalized spacial score (nSPS) is 29.4. The van der Waals surface area contributed by atoms with E-state index < -0.39 is 47.8 Å². The molecule has 1 aromatic rings. The van der Waals surface area contributed by atoms with Crippen molar-refractivity contribution in [2.45, 2.75) is 24.9 Å². The molecule has 1 aliphatic heterocycles. The summed E-state index contributed by atoms with van der Waals surface area (Å²) in [6.45, 7) is 0.519. The second-order valence-electron chi connectivity index (χ2n) is 5.40. The summed E-state index contributed by atoms with van der Waals surface area (Å²) in [5.74, 6) is -0.943. The second-order valence-corrected chi connectivity index (χ2v) is 9.68. The van der Waals surface area contributed by atoms with Crippen LogP contribution in [-0.4, -0.2) is 34.5 Å². The number of nitrogens with one attached hydrogen (secondary N) is 1. The average Bonchev–Trinajstić information content (AvgIpc) is 2.76. The van der Waals surface area contributed by atoms with Crippen molar-refractivity contribution < 1.29 is 18.2 Å². The zero-order chi connectivity index (χ0) is 18.8. The number of aromatic amines is 1. The van der Waals surface area contributed by atoms with Crippen LogP contribution in [0.5, 0.6) is 0 Å². The maximum Gasteiger partial charge on any atom is 0.380 e. The van der Waals surface area contributed by atoms with Gasteiger partial charge in [-0.05, 0) is 28.0 Å². The molecule has 1 aliphatic rings. The van der Waals surface area contributed by atoms with Gasteiger partial charge in [0.2, 0.25) is 0 Å². The van der Waals surface area contributed by atoms with Crippen LogP contribution in [0.1, 0.15) is 13.2 Å². The van der Waals surface area contributed by atoms with Gasteiger partial charge >= 0.3 is 11.8 Å². The SMILES string of the molecule is C[C@H]1[C@@H](F)[C@H](n2ccc(=O)[nH]c2=O)O[C@]1(CN=[N+]=[N-])COP(=O)(Cl)Cl. The van der Waals surface area contributed by atoms with Crippen LogP contribution in [0.4, 0.5) is 4.39 Å². The van der Waals surface area contributed by atoms with Crippen LogP contribution in [0.3, 0.4) is 0 Å². The molecule has 2 rings (SSSR count). The Balaban J connectivity index is 2.40. The molecule has 0 amide bonds. The lowest BCUT2D eigenvalue weighted by atomic mass is 9.88. The van der Waals surface area contributed by atoms with Crippen molar-refractivity contribution in [3.05, 3.63) is 43.5 Å². The van der Waals surface area contributed by atoms with Crippen LogP contribution in [0.25, 0.3) is 10.4 Å². The topological polar surface area (TPSA) is 139 Å². The fourth-order valence-corrected chi connectivity index (χ4v) is 3.18. The number of halogens is 3. The number of hydrogen-bond donors (Lipinski definition) is 1. The van der Waals surface area contributed by atoms with Gasteiger partial charge in [-0.25, -0.2) is 9.18 Å². The van der Waals surface area contributed by atoms with Crippen LogP contribution in [0, 0.1) is 5.92 Å². The highest BCUT2D eigenvalue weighted by Gasteiger charge is 2.54. The number of alkyl halides is 1. The van der Waals surface area contributed by atoms with E-state index in [1.54, 1.807) is 0 Å². The Bertz CT molecular complexity index is 852. The van der Waals surface area contributed by atoms with Gasteiger partial charge in [-0.3, -0.25) is 18.9 Å². The van der Waals surface area contributed by atoms with Gasteiger partial charge in [-0.2, -0.15) is 0 Å². The Morgan fingerprint density at radius 3 is 2.84 bits per heavy atom. The van der Waals surface area contributed by atoms with E-state index in [-0.39, 0.29) is 6.54 Å². The third kappa shape index (κ3) is 4.44. The zero-order valence-corrected chi connectivity index (χ0v) is 15.1. The quantitative estimate of drug-likeness (QED) is 0.329. The van der Waals surface area contributed by atoms with E-state index in [1.165, 1.54) is 6.92 Å². The van der Waals surface area contributed by atoms with Gasteiger partial charge in [0.05, 0.1) is 13.2 Å². The number of H-pyrrole nitrogens is 1. The summed E-state index contributed by atoms with van der Waals surface area (Å²) in [7, 11) is 0. The van der Waals surface area contributed by atoms with Gasteiger partial charge in [0.15, 0.2) is 12.4 Å².